The summed E-state index contributed by atoms with van der Waals surface area (Å²) in [5.74, 6) is -1.77. The van der Waals surface area contributed by atoms with Gasteiger partial charge >= 0.3 is 5.97 Å². The van der Waals surface area contributed by atoms with Crippen LogP contribution in [0.25, 0.3) is 22.4 Å². The lowest BCUT2D eigenvalue weighted by atomic mass is 10.2. The number of aromatic nitrogens is 3. The zero-order chi connectivity index (χ0) is 14.3. The Morgan fingerprint density at radius 3 is 2.75 bits per heavy atom. The molecule has 3 rings (SSSR count). The molecule has 100 valence electrons. The Balaban J connectivity index is 2.17. The summed E-state index contributed by atoms with van der Waals surface area (Å²) in [4.78, 5) is 31.4. The summed E-state index contributed by atoms with van der Waals surface area (Å²) in [6, 6.07) is 5.15. The van der Waals surface area contributed by atoms with Gasteiger partial charge in [0.25, 0.3) is 0 Å². The lowest BCUT2D eigenvalue weighted by Crippen LogP contribution is -2.01. The number of nitrogens with zero attached hydrogens (tertiary/aromatic N) is 1. The van der Waals surface area contributed by atoms with Gasteiger partial charge in [0.15, 0.2) is 0 Å². The predicted octanol–water partition coefficient (Wildman–Crippen LogP) is 1.76. The van der Waals surface area contributed by atoms with Crippen LogP contribution in [0.3, 0.4) is 0 Å². The molecule has 0 aliphatic rings. The standard InChI is InChI=1S/C13H8FN3O3/c14-8-4-10-9(3-7(8)13(19)20)16-12(17-10)6-1-2-11(18)15-5-6/h1-5H,(H,15,18)(H,16,17)(H,19,20). The number of hydrogen-bond acceptors (Lipinski definition) is 3. The Hall–Kier alpha value is -2.96. The van der Waals surface area contributed by atoms with Gasteiger partial charge in [-0.3, -0.25) is 4.79 Å². The van der Waals surface area contributed by atoms with E-state index in [1.165, 1.54) is 18.3 Å². The van der Waals surface area contributed by atoms with Gasteiger partial charge in [-0.1, -0.05) is 0 Å². The van der Waals surface area contributed by atoms with E-state index in [2.05, 4.69) is 15.0 Å². The van der Waals surface area contributed by atoms with E-state index in [0.717, 1.165) is 6.07 Å². The van der Waals surface area contributed by atoms with Gasteiger partial charge in [-0.05, 0) is 12.1 Å². The molecule has 0 radical (unpaired) electrons. The number of pyridine rings is 1. The minimum atomic E-state index is -1.35. The molecule has 2 aromatic heterocycles. The number of H-pyrrole nitrogens is 2. The van der Waals surface area contributed by atoms with Gasteiger partial charge in [0.1, 0.15) is 11.6 Å². The molecule has 3 N–H and O–H groups in total. The average Bonchev–Trinajstić information content (AvgIpc) is 2.81. The number of hydrogen-bond donors (Lipinski definition) is 3. The highest BCUT2D eigenvalue weighted by molar-refractivity contribution is 5.93. The molecule has 0 aliphatic carbocycles. The molecule has 0 unspecified atom stereocenters. The van der Waals surface area contributed by atoms with Gasteiger partial charge in [-0.15, -0.1) is 0 Å². The molecule has 0 bridgehead atoms. The molecule has 0 atom stereocenters. The number of aromatic carboxylic acids is 1. The van der Waals surface area contributed by atoms with Crippen molar-refractivity contribution in [1.29, 1.82) is 0 Å². The van der Waals surface area contributed by atoms with Crippen LogP contribution < -0.4 is 5.56 Å². The van der Waals surface area contributed by atoms with Crippen LogP contribution in [0.4, 0.5) is 4.39 Å². The summed E-state index contributed by atoms with van der Waals surface area (Å²) < 4.78 is 13.6. The minimum Gasteiger partial charge on any atom is -0.478 e. The van der Waals surface area contributed by atoms with Crippen molar-refractivity contribution in [3.8, 4) is 11.4 Å². The van der Waals surface area contributed by atoms with Crippen molar-refractivity contribution in [2.75, 3.05) is 0 Å². The van der Waals surface area contributed by atoms with Crippen LogP contribution in [0.15, 0.2) is 35.3 Å². The van der Waals surface area contributed by atoms with E-state index in [1.54, 1.807) is 6.07 Å². The smallest absolute Gasteiger partial charge is 0.338 e. The number of aromatic amines is 2. The summed E-state index contributed by atoms with van der Waals surface area (Å²) in [5, 5.41) is 8.86. The van der Waals surface area contributed by atoms with Crippen molar-refractivity contribution >= 4 is 17.0 Å². The van der Waals surface area contributed by atoms with E-state index in [1.807, 2.05) is 0 Å². The molecule has 20 heavy (non-hydrogen) atoms. The highest BCUT2D eigenvalue weighted by Gasteiger charge is 2.14. The fourth-order valence-electron chi connectivity index (χ4n) is 1.89. The average molecular weight is 273 g/mol. The molecule has 0 fully saturated rings. The monoisotopic (exact) mass is 273 g/mol. The van der Waals surface area contributed by atoms with Crippen molar-refractivity contribution < 1.29 is 14.3 Å². The molecule has 0 saturated heterocycles. The third kappa shape index (κ3) is 1.95. The lowest BCUT2D eigenvalue weighted by Gasteiger charge is -1.95. The van der Waals surface area contributed by atoms with Crippen molar-refractivity contribution in [3.63, 3.8) is 0 Å². The van der Waals surface area contributed by atoms with Crippen molar-refractivity contribution in [1.82, 2.24) is 15.0 Å². The number of rotatable bonds is 2. The van der Waals surface area contributed by atoms with E-state index < -0.39 is 17.3 Å². The highest BCUT2D eigenvalue weighted by Crippen LogP contribution is 2.22. The third-order valence-electron chi connectivity index (χ3n) is 2.86. The molecule has 7 heteroatoms. The number of halogens is 1. The van der Waals surface area contributed by atoms with Gasteiger partial charge in [0.2, 0.25) is 5.56 Å². The quantitative estimate of drug-likeness (QED) is 0.662. The van der Waals surface area contributed by atoms with E-state index in [-0.39, 0.29) is 5.56 Å². The molecular weight excluding hydrogens is 265 g/mol. The van der Waals surface area contributed by atoms with Crippen molar-refractivity contribution in [2.45, 2.75) is 0 Å². The minimum absolute atomic E-state index is 0.246. The second kappa shape index (κ2) is 4.30. The Bertz CT molecular complexity index is 862. The fourth-order valence-corrected chi connectivity index (χ4v) is 1.89. The van der Waals surface area contributed by atoms with Gasteiger partial charge in [-0.2, -0.15) is 0 Å². The normalized spacial score (nSPS) is 10.8. The molecule has 2 heterocycles. The van der Waals surface area contributed by atoms with Crippen LogP contribution >= 0.6 is 0 Å². The van der Waals surface area contributed by atoms with E-state index >= 15 is 0 Å². The first-order valence-corrected chi connectivity index (χ1v) is 5.66. The number of fused-ring (bicyclic) bond motifs is 1. The molecule has 6 nitrogen and oxygen atoms in total. The van der Waals surface area contributed by atoms with E-state index in [4.69, 9.17) is 5.11 Å². The first-order chi connectivity index (χ1) is 9.54. The Labute approximate surface area is 110 Å². The predicted molar refractivity (Wildman–Crippen MR) is 69.1 cm³/mol. The summed E-state index contributed by atoms with van der Waals surface area (Å²) in [7, 11) is 0. The molecule has 0 amide bonds. The first kappa shape index (κ1) is 12.1. The molecule has 0 spiro atoms. The number of carboxylic acids is 1. The van der Waals surface area contributed by atoms with Gasteiger partial charge < -0.3 is 15.1 Å². The first-order valence-electron chi connectivity index (χ1n) is 5.66. The maximum Gasteiger partial charge on any atom is 0.338 e. The second-order valence-electron chi connectivity index (χ2n) is 4.18. The Morgan fingerprint density at radius 2 is 2.10 bits per heavy atom. The zero-order valence-corrected chi connectivity index (χ0v) is 9.98. The number of benzene rings is 1. The van der Waals surface area contributed by atoms with Gasteiger partial charge in [0.05, 0.1) is 16.6 Å². The van der Waals surface area contributed by atoms with Crippen LogP contribution in [0.2, 0.25) is 0 Å². The summed E-state index contributed by atoms with van der Waals surface area (Å²) in [6.45, 7) is 0. The summed E-state index contributed by atoms with van der Waals surface area (Å²) in [5.41, 5.74) is 0.651. The number of carboxylic acid groups (broad SMARTS) is 1. The van der Waals surface area contributed by atoms with E-state index in [0.29, 0.717) is 22.4 Å². The van der Waals surface area contributed by atoms with Crippen LogP contribution in [0, 0.1) is 5.82 Å². The molecule has 0 saturated carbocycles. The van der Waals surface area contributed by atoms with Crippen molar-refractivity contribution in [2.24, 2.45) is 0 Å². The maximum absolute atomic E-state index is 13.6. The van der Waals surface area contributed by atoms with Crippen LogP contribution in [0.5, 0.6) is 0 Å². The Kier molecular flexibility index (Phi) is 2.60. The molecule has 3 aromatic rings. The van der Waals surface area contributed by atoms with Crippen LogP contribution in [0.1, 0.15) is 10.4 Å². The highest BCUT2D eigenvalue weighted by atomic mass is 19.1. The topological polar surface area (TPSA) is 98.8 Å². The van der Waals surface area contributed by atoms with Gasteiger partial charge in [-0.25, -0.2) is 14.2 Å². The number of imidazole rings is 1. The lowest BCUT2D eigenvalue weighted by molar-refractivity contribution is 0.0692. The Morgan fingerprint density at radius 1 is 1.30 bits per heavy atom. The molecule has 1 aromatic carbocycles. The second-order valence-corrected chi connectivity index (χ2v) is 4.18. The SMILES string of the molecule is O=C(O)c1cc2nc(-c3ccc(=O)[nH]c3)[nH]c2cc1F. The number of nitrogens with one attached hydrogen (secondary N) is 2. The van der Waals surface area contributed by atoms with E-state index in [9.17, 15) is 14.0 Å². The van der Waals surface area contributed by atoms with Gasteiger partial charge in [0, 0.05) is 23.9 Å². The fraction of sp³-hybridized carbons (Fsp3) is 0. The maximum atomic E-state index is 13.6. The van der Waals surface area contributed by atoms with Crippen LogP contribution in [-0.2, 0) is 0 Å². The molecule has 0 aliphatic heterocycles. The third-order valence-corrected chi connectivity index (χ3v) is 2.86. The van der Waals surface area contributed by atoms with Crippen molar-refractivity contribution in [3.05, 3.63) is 52.2 Å². The summed E-state index contributed by atoms with van der Waals surface area (Å²) >= 11 is 0. The van der Waals surface area contributed by atoms with Crippen LogP contribution in [-0.4, -0.2) is 26.0 Å². The largest absolute Gasteiger partial charge is 0.478 e. The zero-order valence-electron chi connectivity index (χ0n) is 9.98. The summed E-state index contributed by atoms with van der Waals surface area (Å²) in [6.07, 6.45) is 1.47. The molecular formula is C13H8FN3O3. The number of carbonyl (C=O) groups is 1.